The molecule has 0 aromatic rings. The second-order valence-electron chi connectivity index (χ2n) is 16.7. The monoisotopic (exact) mass is 875 g/mol. The molecule has 0 saturated heterocycles. The third kappa shape index (κ3) is 49.2. The zero-order valence-electron chi connectivity index (χ0n) is 40.8. The molecule has 358 valence electrons. The van der Waals surface area contributed by atoms with Crippen molar-refractivity contribution in [2.24, 2.45) is 0 Å². The summed E-state index contributed by atoms with van der Waals surface area (Å²) in [6.07, 6.45) is 66.8. The number of unbranched alkanes of at least 4 members (excludes halogenated alkanes) is 18. The number of hydrogen-bond acceptors (Lipinski definition) is 6. The van der Waals surface area contributed by atoms with Gasteiger partial charge in [-0.2, -0.15) is 0 Å². The van der Waals surface area contributed by atoms with Crippen LogP contribution in [0.1, 0.15) is 226 Å². The average Bonchev–Trinajstić information content (AvgIpc) is 3.28. The first-order valence-electron chi connectivity index (χ1n) is 25.7. The molecule has 0 N–H and O–H groups in total. The quantitative estimate of drug-likeness (QED) is 0.0262. The van der Waals surface area contributed by atoms with Crippen molar-refractivity contribution in [3.63, 3.8) is 0 Å². The molecule has 0 radical (unpaired) electrons. The van der Waals surface area contributed by atoms with Crippen LogP contribution < -0.4 is 0 Å². The van der Waals surface area contributed by atoms with E-state index in [0.717, 1.165) is 89.9 Å². The van der Waals surface area contributed by atoms with Crippen LogP contribution in [-0.2, 0) is 28.6 Å². The maximum atomic E-state index is 12.8. The van der Waals surface area contributed by atoms with E-state index in [2.05, 4.69) is 118 Å². The van der Waals surface area contributed by atoms with Gasteiger partial charge in [0.1, 0.15) is 13.2 Å². The molecule has 0 amide bonds. The predicted molar refractivity (Wildman–Crippen MR) is 270 cm³/mol. The van der Waals surface area contributed by atoms with Crippen LogP contribution in [0.2, 0.25) is 0 Å². The Morgan fingerprint density at radius 1 is 0.317 bits per heavy atom. The summed E-state index contributed by atoms with van der Waals surface area (Å²) in [5, 5.41) is 0. The van der Waals surface area contributed by atoms with E-state index < -0.39 is 6.10 Å². The lowest BCUT2D eigenvalue weighted by atomic mass is 10.1. The molecule has 1 atom stereocenters. The van der Waals surface area contributed by atoms with Gasteiger partial charge in [-0.25, -0.2) is 0 Å². The Balaban J connectivity index is 4.49. The number of carbonyl (C=O) groups is 3. The van der Waals surface area contributed by atoms with Crippen molar-refractivity contribution in [1.82, 2.24) is 0 Å². The minimum absolute atomic E-state index is 0.110. The summed E-state index contributed by atoms with van der Waals surface area (Å²) in [7, 11) is 0. The fourth-order valence-electron chi connectivity index (χ4n) is 6.65. The molecule has 0 aliphatic carbocycles. The Hall–Kier alpha value is -3.67. The topological polar surface area (TPSA) is 78.9 Å². The molecule has 0 unspecified atom stereocenters. The molecule has 0 fully saturated rings. The number of ether oxygens (including phenoxy) is 3. The lowest BCUT2D eigenvalue weighted by Gasteiger charge is -2.18. The van der Waals surface area contributed by atoms with Gasteiger partial charge in [0.2, 0.25) is 0 Å². The Kier molecular flexibility index (Phi) is 48.0. The summed E-state index contributed by atoms with van der Waals surface area (Å²) in [6.45, 7) is 6.47. The minimum atomic E-state index is -0.817. The highest BCUT2D eigenvalue weighted by Crippen LogP contribution is 2.12. The van der Waals surface area contributed by atoms with Crippen molar-refractivity contribution < 1.29 is 28.6 Å². The van der Waals surface area contributed by atoms with Gasteiger partial charge in [-0.3, -0.25) is 14.4 Å². The fraction of sp³-hybridized carbons (Fsp3) is 0.667. The van der Waals surface area contributed by atoms with Crippen LogP contribution in [0, 0.1) is 0 Å². The third-order valence-corrected chi connectivity index (χ3v) is 10.6. The van der Waals surface area contributed by atoms with Crippen LogP contribution in [0.25, 0.3) is 0 Å². The summed E-state index contributed by atoms with van der Waals surface area (Å²) in [5.41, 5.74) is 0. The van der Waals surface area contributed by atoms with E-state index in [1.165, 1.54) is 89.9 Å². The van der Waals surface area contributed by atoms with E-state index in [1.54, 1.807) is 0 Å². The highest BCUT2D eigenvalue weighted by molar-refractivity contribution is 5.71. The molecule has 0 rings (SSSR count). The molecule has 63 heavy (non-hydrogen) atoms. The van der Waals surface area contributed by atoms with E-state index in [4.69, 9.17) is 14.2 Å². The van der Waals surface area contributed by atoms with Crippen LogP contribution in [0.15, 0.2) is 97.2 Å². The van der Waals surface area contributed by atoms with E-state index in [0.29, 0.717) is 19.3 Å². The first-order chi connectivity index (χ1) is 31.0. The molecule has 6 nitrogen and oxygen atoms in total. The van der Waals surface area contributed by atoms with Gasteiger partial charge >= 0.3 is 17.9 Å². The van der Waals surface area contributed by atoms with E-state index in [9.17, 15) is 14.4 Å². The molecule has 0 aromatic carbocycles. The molecule has 0 spiro atoms. The van der Waals surface area contributed by atoms with Crippen molar-refractivity contribution in [3.8, 4) is 0 Å². The molecular formula is C57H94O6. The summed E-state index contributed by atoms with van der Waals surface area (Å²) in [4.78, 5) is 37.9. The zero-order valence-corrected chi connectivity index (χ0v) is 40.8. The molecule has 6 heteroatoms. The largest absolute Gasteiger partial charge is 0.462 e. The maximum Gasteiger partial charge on any atom is 0.306 e. The van der Waals surface area contributed by atoms with Gasteiger partial charge in [0, 0.05) is 19.3 Å². The molecule has 0 bridgehead atoms. The summed E-state index contributed by atoms with van der Waals surface area (Å²) < 4.78 is 16.7. The normalized spacial score (nSPS) is 12.9. The highest BCUT2D eigenvalue weighted by Gasteiger charge is 2.19. The summed E-state index contributed by atoms with van der Waals surface area (Å²) >= 11 is 0. The standard InChI is InChI=1S/C57H94O6/c1-4-7-10-13-16-19-21-23-25-27-28-30-31-33-35-38-41-44-47-50-56(59)62-53-54(52-61-55(58)49-46-43-40-37-18-15-12-9-6-3)63-57(60)51-48-45-42-39-36-34-32-29-26-24-22-20-17-14-11-8-5-2/h16-17,19-20,23-26,28,30,32-35,39,42,54H,4-15,18,21-22,27,29,31,36-38,40-41,43-53H2,1-3H3/b19-16-,20-17-,25-23-,26-24-,30-28-,34-32-,35-33-,42-39-/t54-/m1/s1. The van der Waals surface area contributed by atoms with Gasteiger partial charge in [-0.1, -0.05) is 201 Å². The van der Waals surface area contributed by atoms with Crippen molar-refractivity contribution in [3.05, 3.63) is 97.2 Å². The number of rotatable bonds is 45. The Bertz CT molecular complexity index is 1280. The van der Waals surface area contributed by atoms with Crippen molar-refractivity contribution in [2.45, 2.75) is 232 Å². The van der Waals surface area contributed by atoms with Crippen LogP contribution in [-0.4, -0.2) is 37.2 Å². The molecule has 0 aromatic heterocycles. The van der Waals surface area contributed by atoms with Crippen LogP contribution >= 0.6 is 0 Å². The van der Waals surface area contributed by atoms with E-state index in [-0.39, 0.29) is 37.5 Å². The SMILES string of the molecule is CCCCC/C=C\C/C=C\C/C=C\C/C=C\CCCCCC(=O)OC[C@@H](COC(=O)CCCCCCCCCCC)OC(=O)CCC/C=C\C/C=C\C/C=C\C/C=C\CCCCC. The summed E-state index contributed by atoms with van der Waals surface area (Å²) in [5.74, 6) is -1.01. The Morgan fingerprint density at radius 2 is 0.587 bits per heavy atom. The predicted octanol–water partition coefficient (Wildman–Crippen LogP) is 17.0. The third-order valence-electron chi connectivity index (χ3n) is 10.6. The maximum absolute atomic E-state index is 12.8. The van der Waals surface area contributed by atoms with Crippen molar-refractivity contribution in [2.75, 3.05) is 13.2 Å². The van der Waals surface area contributed by atoms with Gasteiger partial charge in [0.05, 0.1) is 0 Å². The van der Waals surface area contributed by atoms with Crippen molar-refractivity contribution >= 4 is 17.9 Å². The molecule has 0 heterocycles. The number of hydrogen-bond donors (Lipinski definition) is 0. The van der Waals surface area contributed by atoms with Gasteiger partial charge in [-0.15, -0.1) is 0 Å². The van der Waals surface area contributed by atoms with Crippen LogP contribution in [0.4, 0.5) is 0 Å². The molecule has 0 aliphatic heterocycles. The number of carbonyl (C=O) groups excluding carboxylic acids is 3. The first-order valence-corrected chi connectivity index (χ1v) is 25.7. The second kappa shape index (κ2) is 51.0. The molecule has 0 saturated carbocycles. The van der Waals surface area contributed by atoms with Crippen LogP contribution in [0.5, 0.6) is 0 Å². The molecule has 0 aliphatic rings. The highest BCUT2D eigenvalue weighted by atomic mass is 16.6. The van der Waals surface area contributed by atoms with Gasteiger partial charge in [0.15, 0.2) is 6.10 Å². The zero-order chi connectivity index (χ0) is 45.8. The van der Waals surface area contributed by atoms with Gasteiger partial charge in [-0.05, 0) is 103 Å². The average molecular weight is 875 g/mol. The lowest BCUT2D eigenvalue weighted by molar-refractivity contribution is -0.167. The number of allylic oxidation sites excluding steroid dienone is 16. The lowest BCUT2D eigenvalue weighted by Crippen LogP contribution is -2.30. The number of esters is 3. The van der Waals surface area contributed by atoms with Crippen LogP contribution in [0.3, 0.4) is 0 Å². The Labute approximate surface area is 387 Å². The Morgan fingerprint density at radius 3 is 0.968 bits per heavy atom. The van der Waals surface area contributed by atoms with Crippen molar-refractivity contribution in [1.29, 1.82) is 0 Å². The second-order valence-corrected chi connectivity index (χ2v) is 16.7. The summed E-state index contributed by atoms with van der Waals surface area (Å²) in [6, 6.07) is 0. The minimum Gasteiger partial charge on any atom is -0.462 e. The smallest absolute Gasteiger partial charge is 0.306 e. The van der Waals surface area contributed by atoms with E-state index in [1.807, 2.05) is 0 Å². The van der Waals surface area contributed by atoms with Gasteiger partial charge < -0.3 is 14.2 Å². The van der Waals surface area contributed by atoms with E-state index >= 15 is 0 Å². The van der Waals surface area contributed by atoms with Gasteiger partial charge in [0.25, 0.3) is 0 Å². The molecular weight excluding hydrogens is 781 g/mol. The fourth-order valence-corrected chi connectivity index (χ4v) is 6.65. The first kappa shape index (κ1) is 59.3.